The first kappa shape index (κ1) is 14.4. The SMILES string of the molecule is COC(=O)c1cccc(C2CC2c2ccc(OC)cc2N)c1. The van der Waals surface area contributed by atoms with Gasteiger partial charge in [0, 0.05) is 11.8 Å². The van der Waals surface area contributed by atoms with Crippen molar-refractivity contribution in [2.75, 3.05) is 20.0 Å². The number of anilines is 1. The molecule has 2 aromatic rings. The molecule has 2 N–H and O–H groups in total. The number of ether oxygens (including phenoxy) is 2. The number of nitrogen functional groups attached to an aromatic ring is 1. The summed E-state index contributed by atoms with van der Waals surface area (Å²) in [5, 5.41) is 0. The molecule has 2 atom stereocenters. The molecule has 3 rings (SSSR count). The average Bonchev–Trinajstić information content (AvgIpc) is 3.34. The lowest BCUT2D eigenvalue weighted by Crippen LogP contribution is -2.01. The monoisotopic (exact) mass is 297 g/mol. The third-order valence-electron chi connectivity index (χ3n) is 4.22. The second-order valence-electron chi connectivity index (χ2n) is 5.56. The Morgan fingerprint density at radius 1 is 1.14 bits per heavy atom. The highest BCUT2D eigenvalue weighted by molar-refractivity contribution is 5.89. The summed E-state index contributed by atoms with van der Waals surface area (Å²) in [6.07, 6.45) is 1.04. The van der Waals surface area contributed by atoms with Gasteiger partial charge in [-0.3, -0.25) is 0 Å². The van der Waals surface area contributed by atoms with E-state index in [0.29, 0.717) is 17.4 Å². The zero-order valence-corrected chi connectivity index (χ0v) is 12.7. The van der Waals surface area contributed by atoms with E-state index in [1.807, 2.05) is 30.3 Å². The van der Waals surface area contributed by atoms with E-state index in [0.717, 1.165) is 29.0 Å². The summed E-state index contributed by atoms with van der Waals surface area (Å²) in [4.78, 5) is 11.6. The molecule has 0 spiro atoms. The second kappa shape index (κ2) is 5.72. The van der Waals surface area contributed by atoms with E-state index in [9.17, 15) is 4.79 Å². The largest absolute Gasteiger partial charge is 0.497 e. The molecule has 4 nitrogen and oxygen atoms in total. The molecule has 0 aliphatic heterocycles. The van der Waals surface area contributed by atoms with Crippen molar-refractivity contribution in [1.29, 1.82) is 0 Å². The Morgan fingerprint density at radius 3 is 2.64 bits per heavy atom. The van der Waals surface area contributed by atoms with Crippen LogP contribution in [0.4, 0.5) is 5.69 Å². The van der Waals surface area contributed by atoms with Gasteiger partial charge in [-0.15, -0.1) is 0 Å². The predicted octanol–water partition coefficient (Wildman–Crippen LogP) is 3.34. The molecule has 0 saturated heterocycles. The molecule has 0 aromatic heterocycles. The van der Waals surface area contributed by atoms with Crippen LogP contribution >= 0.6 is 0 Å². The zero-order chi connectivity index (χ0) is 15.7. The highest BCUT2D eigenvalue weighted by Gasteiger charge is 2.40. The van der Waals surface area contributed by atoms with Crippen LogP contribution < -0.4 is 10.5 Å². The quantitative estimate of drug-likeness (QED) is 0.694. The first-order chi connectivity index (χ1) is 10.6. The summed E-state index contributed by atoms with van der Waals surface area (Å²) in [6.45, 7) is 0. The summed E-state index contributed by atoms with van der Waals surface area (Å²) in [5.74, 6) is 1.27. The van der Waals surface area contributed by atoms with Gasteiger partial charge in [0.15, 0.2) is 0 Å². The molecular weight excluding hydrogens is 278 g/mol. The number of esters is 1. The summed E-state index contributed by atoms with van der Waals surface area (Å²) in [7, 11) is 3.03. The number of rotatable bonds is 4. The minimum atomic E-state index is -0.303. The third-order valence-corrected chi connectivity index (χ3v) is 4.22. The molecular formula is C18H19NO3. The van der Waals surface area contributed by atoms with Crippen LogP contribution in [0.5, 0.6) is 5.75 Å². The van der Waals surface area contributed by atoms with Crippen LogP contribution in [-0.4, -0.2) is 20.2 Å². The molecule has 0 amide bonds. The summed E-state index contributed by atoms with van der Waals surface area (Å²) in [6, 6.07) is 13.5. The predicted molar refractivity (Wildman–Crippen MR) is 85.3 cm³/mol. The lowest BCUT2D eigenvalue weighted by Gasteiger charge is -2.08. The van der Waals surface area contributed by atoms with Crippen molar-refractivity contribution in [1.82, 2.24) is 0 Å². The molecule has 1 aliphatic rings. The van der Waals surface area contributed by atoms with Gasteiger partial charge in [0.25, 0.3) is 0 Å². The van der Waals surface area contributed by atoms with Gasteiger partial charge in [0.2, 0.25) is 0 Å². The Labute approximate surface area is 129 Å². The number of hydrogen-bond donors (Lipinski definition) is 1. The summed E-state index contributed by atoms with van der Waals surface area (Å²) in [5.41, 5.74) is 9.78. The van der Waals surface area contributed by atoms with Crippen LogP contribution in [0.25, 0.3) is 0 Å². The van der Waals surface area contributed by atoms with Gasteiger partial charge in [0.05, 0.1) is 19.8 Å². The lowest BCUT2D eigenvalue weighted by atomic mass is 10.0. The fourth-order valence-corrected chi connectivity index (χ4v) is 2.94. The maximum atomic E-state index is 11.6. The van der Waals surface area contributed by atoms with Gasteiger partial charge >= 0.3 is 5.97 Å². The van der Waals surface area contributed by atoms with Crippen molar-refractivity contribution in [3.63, 3.8) is 0 Å². The number of hydrogen-bond acceptors (Lipinski definition) is 4. The van der Waals surface area contributed by atoms with Gasteiger partial charge in [-0.1, -0.05) is 18.2 Å². The average molecular weight is 297 g/mol. The van der Waals surface area contributed by atoms with E-state index >= 15 is 0 Å². The van der Waals surface area contributed by atoms with E-state index in [2.05, 4.69) is 6.07 Å². The molecule has 2 aromatic carbocycles. The molecule has 114 valence electrons. The molecule has 22 heavy (non-hydrogen) atoms. The Kier molecular flexibility index (Phi) is 3.75. The minimum absolute atomic E-state index is 0.303. The van der Waals surface area contributed by atoms with E-state index < -0.39 is 0 Å². The first-order valence-corrected chi connectivity index (χ1v) is 7.25. The van der Waals surface area contributed by atoms with Crippen molar-refractivity contribution in [3.05, 3.63) is 59.2 Å². The van der Waals surface area contributed by atoms with Crippen LogP contribution in [0.15, 0.2) is 42.5 Å². The van der Waals surface area contributed by atoms with Gasteiger partial charge in [0.1, 0.15) is 5.75 Å². The van der Waals surface area contributed by atoms with E-state index in [1.165, 1.54) is 7.11 Å². The Balaban J connectivity index is 1.81. The summed E-state index contributed by atoms with van der Waals surface area (Å²) < 4.78 is 9.96. The fourth-order valence-electron chi connectivity index (χ4n) is 2.94. The highest BCUT2D eigenvalue weighted by atomic mass is 16.5. The standard InChI is InChI=1S/C18H19NO3/c1-21-13-6-7-14(17(19)9-13)16-10-15(16)11-4-3-5-12(8-11)18(20)22-2/h3-9,15-16H,10,19H2,1-2H3. The number of carbonyl (C=O) groups excluding carboxylic acids is 1. The Hall–Kier alpha value is -2.49. The normalized spacial score (nSPS) is 19.5. The molecule has 4 heteroatoms. The van der Waals surface area contributed by atoms with Crippen molar-refractivity contribution in [2.45, 2.75) is 18.3 Å². The molecule has 1 aliphatic carbocycles. The topological polar surface area (TPSA) is 61.5 Å². The number of benzene rings is 2. The first-order valence-electron chi connectivity index (χ1n) is 7.25. The molecule has 1 fully saturated rings. The molecule has 0 radical (unpaired) electrons. The minimum Gasteiger partial charge on any atom is -0.497 e. The van der Waals surface area contributed by atoms with Crippen LogP contribution in [0.2, 0.25) is 0 Å². The fraction of sp³-hybridized carbons (Fsp3) is 0.278. The van der Waals surface area contributed by atoms with Gasteiger partial charge < -0.3 is 15.2 Å². The molecule has 0 bridgehead atoms. The smallest absolute Gasteiger partial charge is 0.337 e. The van der Waals surface area contributed by atoms with Crippen LogP contribution in [0.3, 0.4) is 0 Å². The number of methoxy groups -OCH3 is 2. The van der Waals surface area contributed by atoms with Crippen molar-refractivity contribution in [3.8, 4) is 5.75 Å². The Morgan fingerprint density at radius 2 is 1.95 bits per heavy atom. The van der Waals surface area contributed by atoms with Crippen LogP contribution in [-0.2, 0) is 4.74 Å². The summed E-state index contributed by atoms with van der Waals surface area (Å²) >= 11 is 0. The molecule has 1 saturated carbocycles. The highest BCUT2D eigenvalue weighted by Crippen LogP contribution is 2.56. The maximum absolute atomic E-state index is 11.6. The van der Waals surface area contributed by atoms with Crippen LogP contribution in [0.1, 0.15) is 39.7 Å². The molecule has 0 heterocycles. The van der Waals surface area contributed by atoms with Gasteiger partial charge in [-0.25, -0.2) is 4.79 Å². The number of nitrogens with two attached hydrogens (primary N) is 1. The van der Waals surface area contributed by atoms with Gasteiger partial charge in [-0.05, 0) is 47.6 Å². The van der Waals surface area contributed by atoms with Crippen molar-refractivity contribution in [2.24, 2.45) is 0 Å². The zero-order valence-electron chi connectivity index (χ0n) is 12.7. The third kappa shape index (κ3) is 2.64. The second-order valence-corrected chi connectivity index (χ2v) is 5.56. The van der Waals surface area contributed by atoms with Crippen LogP contribution in [0, 0.1) is 0 Å². The van der Waals surface area contributed by atoms with E-state index in [4.69, 9.17) is 15.2 Å². The number of carbonyl (C=O) groups is 1. The maximum Gasteiger partial charge on any atom is 0.337 e. The lowest BCUT2D eigenvalue weighted by molar-refractivity contribution is 0.0600. The van der Waals surface area contributed by atoms with E-state index in [1.54, 1.807) is 13.2 Å². The van der Waals surface area contributed by atoms with Crippen molar-refractivity contribution >= 4 is 11.7 Å². The Bertz CT molecular complexity index is 711. The van der Waals surface area contributed by atoms with Gasteiger partial charge in [-0.2, -0.15) is 0 Å². The van der Waals surface area contributed by atoms with E-state index in [-0.39, 0.29) is 5.97 Å². The van der Waals surface area contributed by atoms with Crippen molar-refractivity contribution < 1.29 is 14.3 Å². The molecule has 2 unspecified atom stereocenters.